The van der Waals surface area contributed by atoms with Crippen LogP contribution in [0.5, 0.6) is 0 Å². The zero-order valence-corrected chi connectivity index (χ0v) is 15.1. The van der Waals surface area contributed by atoms with Crippen LogP contribution in [-0.4, -0.2) is 59.2 Å². The van der Waals surface area contributed by atoms with Crippen LogP contribution in [0.4, 0.5) is 0 Å². The molecule has 1 aromatic carbocycles. The molecule has 1 atom stereocenters. The molecule has 0 unspecified atom stereocenters. The number of ether oxygens (including phenoxy) is 1. The van der Waals surface area contributed by atoms with Gasteiger partial charge in [-0.2, -0.15) is 0 Å². The van der Waals surface area contributed by atoms with Gasteiger partial charge in [-0.3, -0.25) is 9.69 Å². The van der Waals surface area contributed by atoms with Gasteiger partial charge in [-0.1, -0.05) is 30.3 Å². The lowest BCUT2D eigenvalue weighted by Gasteiger charge is -2.35. The van der Waals surface area contributed by atoms with Gasteiger partial charge in [-0.05, 0) is 24.6 Å². The Labute approximate surface area is 149 Å². The molecule has 25 heavy (non-hydrogen) atoms. The first-order valence-corrected chi connectivity index (χ1v) is 8.91. The van der Waals surface area contributed by atoms with E-state index in [1.54, 1.807) is 0 Å². The molecule has 2 heterocycles. The highest BCUT2D eigenvalue weighted by Gasteiger charge is 2.25. The molecule has 2 aromatic rings. The Morgan fingerprint density at radius 2 is 1.88 bits per heavy atom. The van der Waals surface area contributed by atoms with Crippen molar-refractivity contribution in [2.45, 2.75) is 19.5 Å². The monoisotopic (exact) mass is 341 g/mol. The van der Waals surface area contributed by atoms with E-state index < -0.39 is 0 Å². The molecule has 1 aliphatic heterocycles. The van der Waals surface area contributed by atoms with Crippen LogP contribution in [0, 0.1) is 0 Å². The Bertz CT molecular complexity index is 677. The quantitative estimate of drug-likeness (QED) is 0.810. The Kier molecular flexibility index (Phi) is 5.89. The first kappa shape index (κ1) is 17.7. The van der Waals surface area contributed by atoms with Crippen molar-refractivity contribution in [2.75, 3.05) is 32.8 Å². The number of morpholine rings is 1. The fourth-order valence-electron chi connectivity index (χ4n) is 3.29. The van der Waals surface area contributed by atoms with Crippen molar-refractivity contribution < 1.29 is 9.53 Å². The first-order valence-electron chi connectivity index (χ1n) is 8.91. The van der Waals surface area contributed by atoms with Gasteiger partial charge < -0.3 is 14.2 Å². The van der Waals surface area contributed by atoms with Gasteiger partial charge in [0, 0.05) is 45.5 Å². The molecule has 0 aliphatic carbocycles. The summed E-state index contributed by atoms with van der Waals surface area (Å²) in [7, 11) is 1.92. The molecule has 0 bridgehead atoms. The molecule has 5 heteroatoms. The van der Waals surface area contributed by atoms with Gasteiger partial charge in [0.05, 0.1) is 13.2 Å². The van der Waals surface area contributed by atoms with Gasteiger partial charge in [0.25, 0.3) is 5.91 Å². The standard InChI is InChI=1S/C20H27N3O2/c1-17(15-22-11-13-25-14-12-22)23(16-18-7-4-3-5-8-18)20(24)19-9-6-10-21(19)2/h3-10,17H,11-16H2,1-2H3/t17-/m0/s1. The highest BCUT2D eigenvalue weighted by Crippen LogP contribution is 2.15. The predicted molar refractivity (Wildman–Crippen MR) is 98.4 cm³/mol. The van der Waals surface area contributed by atoms with E-state index in [1.807, 2.05) is 53.0 Å². The summed E-state index contributed by atoms with van der Waals surface area (Å²) in [6.45, 7) is 7.04. The fraction of sp³-hybridized carbons (Fsp3) is 0.450. The van der Waals surface area contributed by atoms with E-state index in [0.29, 0.717) is 6.54 Å². The lowest BCUT2D eigenvalue weighted by Crippen LogP contribution is -2.48. The summed E-state index contributed by atoms with van der Waals surface area (Å²) in [5.41, 5.74) is 1.88. The van der Waals surface area contributed by atoms with Crippen molar-refractivity contribution in [1.29, 1.82) is 0 Å². The molecular weight excluding hydrogens is 314 g/mol. The van der Waals surface area contributed by atoms with Crippen molar-refractivity contribution in [3.05, 3.63) is 59.9 Å². The summed E-state index contributed by atoms with van der Waals surface area (Å²) in [4.78, 5) is 17.5. The number of amides is 1. The Morgan fingerprint density at radius 3 is 2.52 bits per heavy atom. The number of aryl methyl sites for hydroxylation is 1. The molecular formula is C20H27N3O2. The summed E-state index contributed by atoms with van der Waals surface area (Å²) in [6.07, 6.45) is 1.92. The van der Waals surface area contributed by atoms with Crippen LogP contribution < -0.4 is 0 Å². The third-order valence-corrected chi connectivity index (χ3v) is 4.78. The van der Waals surface area contributed by atoms with Crippen LogP contribution in [-0.2, 0) is 18.3 Å². The second-order valence-electron chi connectivity index (χ2n) is 6.68. The van der Waals surface area contributed by atoms with Crippen molar-refractivity contribution >= 4 is 5.91 Å². The normalized spacial score (nSPS) is 16.6. The molecule has 134 valence electrons. The SMILES string of the molecule is C[C@@H](CN1CCOCC1)N(Cc1ccccc1)C(=O)c1cccn1C. The minimum Gasteiger partial charge on any atom is -0.379 e. The van der Waals surface area contributed by atoms with Crippen molar-refractivity contribution in [2.24, 2.45) is 7.05 Å². The average Bonchev–Trinajstić information content (AvgIpc) is 3.07. The average molecular weight is 341 g/mol. The van der Waals surface area contributed by atoms with Crippen LogP contribution in [0.3, 0.4) is 0 Å². The molecule has 1 aliphatic rings. The third-order valence-electron chi connectivity index (χ3n) is 4.78. The topological polar surface area (TPSA) is 37.7 Å². The van der Waals surface area contributed by atoms with Crippen LogP contribution in [0.1, 0.15) is 23.0 Å². The van der Waals surface area contributed by atoms with Crippen molar-refractivity contribution in [3.8, 4) is 0 Å². The van der Waals surface area contributed by atoms with Gasteiger partial charge in [0.1, 0.15) is 5.69 Å². The molecule has 0 saturated carbocycles. The van der Waals surface area contributed by atoms with E-state index in [-0.39, 0.29) is 11.9 Å². The molecule has 5 nitrogen and oxygen atoms in total. The minimum absolute atomic E-state index is 0.0807. The minimum atomic E-state index is 0.0807. The smallest absolute Gasteiger partial charge is 0.271 e. The highest BCUT2D eigenvalue weighted by molar-refractivity contribution is 5.93. The number of hydrogen-bond donors (Lipinski definition) is 0. The van der Waals surface area contributed by atoms with E-state index in [2.05, 4.69) is 24.0 Å². The lowest BCUT2D eigenvalue weighted by molar-refractivity contribution is 0.0226. The Morgan fingerprint density at radius 1 is 1.16 bits per heavy atom. The molecule has 1 fully saturated rings. The zero-order valence-electron chi connectivity index (χ0n) is 15.1. The molecule has 1 aromatic heterocycles. The zero-order chi connectivity index (χ0) is 17.6. The fourth-order valence-corrected chi connectivity index (χ4v) is 3.29. The summed E-state index contributed by atoms with van der Waals surface area (Å²) < 4.78 is 7.32. The maximum Gasteiger partial charge on any atom is 0.271 e. The van der Waals surface area contributed by atoms with E-state index in [0.717, 1.165) is 44.1 Å². The number of carbonyl (C=O) groups excluding carboxylic acids is 1. The predicted octanol–water partition coefficient (Wildman–Crippen LogP) is 2.39. The van der Waals surface area contributed by atoms with Gasteiger partial charge >= 0.3 is 0 Å². The maximum atomic E-state index is 13.2. The van der Waals surface area contributed by atoms with Crippen LogP contribution in [0.2, 0.25) is 0 Å². The third kappa shape index (κ3) is 4.50. The van der Waals surface area contributed by atoms with Crippen LogP contribution >= 0.6 is 0 Å². The second-order valence-corrected chi connectivity index (χ2v) is 6.68. The summed E-state index contributed by atoms with van der Waals surface area (Å²) in [6, 6.07) is 14.1. The summed E-state index contributed by atoms with van der Waals surface area (Å²) >= 11 is 0. The number of nitrogens with zero attached hydrogens (tertiary/aromatic N) is 3. The van der Waals surface area contributed by atoms with Crippen LogP contribution in [0.15, 0.2) is 48.7 Å². The molecule has 0 spiro atoms. The van der Waals surface area contributed by atoms with E-state index in [4.69, 9.17) is 4.74 Å². The number of benzene rings is 1. The molecule has 0 N–H and O–H groups in total. The van der Waals surface area contributed by atoms with E-state index in [9.17, 15) is 4.79 Å². The number of aromatic nitrogens is 1. The summed E-state index contributed by atoms with van der Waals surface area (Å²) in [5, 5.41) is 0. The number of rotatable bonds is 6. The maximum absolute atomic E-state index is 13.2. The van der Waals surface area contributed by atoms with E-state index in [1.165, 1.54) is 0 Å². The van der Waals surface area contributed by atoms with Crippen molar-refractivity contribution in [3.63, 3.8) is 0 Å². The Balaban J connectivity index is 1.77. The van der Waals surface area contributed by atoms with Gasteiger partial charge in [-0.15, -0.1) is 0 Å². The van der Waals surface area contributed by atoms with E-state index >= 15 is 0 Å². The Hall–Kier alpha value is -2.11. The van der Waals surface area contributed by atoms with Gasteiger partial charge in [0.15, 0.2) is 0 Å². The molecule has 0 radical (unpaired) electrons. The second kappa shape index (κ2) is 8.32. The molecule has 1 saturated heterocycles. The highest BCUT2D eigenvalue weighted by atomic mass is 16.5. The lowest BCUT2D eigenvalue weighted by atomic mass is 10.1. The number of carbonyl (C=O) groups is 1. The van der Waals surface area contributed by atoms with Gasteiger partial charge in [-0.25, -0.2) is 0 Å². The van der Waals surface area contributed by atoms with Crippen LogP contribution in [0.25, 0.3) is 0 Å². The summed E-state index contributed by atoms with van der Waals surface area (Å²) in [5.74, 6) is 0.0807. The first-order chi connectivity index (χ1) is 12.1. The largest absolute Gasteiger partial charge is 0.379 e. The van der Waals surface area contributed by atoms with Gasteiger partial charge in [0.2, 0.25) is 0 Å². The molecule has 3 rings (SSSR count). The molecule has 1 amide bonds. The number of hydrogen-bond acceptors (Lipinski definition) is 3. The van der Waals surface area contributed by atoms with Crippen molar-refractivity contribution in [1.82, 2.24) is 14.4 Å².